The van der Waals surface area contributed by atoms with Gasteiger partial charge in [-0.2, -0.15) is 0 Å². The molecule has 0 aliphatic carbocycles. The summed E-state index contributed by atoms with van der Waals surface area (Å²) in [5.74, 6) is 5.01. The van der Waals surface area contributed by atoms with Crippen LogP contribution in [0, 0.1) is 11.8 Å². The normalized spacial score (nSPS) is 12.8. The molecule has 0 aliphatic rings. The Balaban J connectivity index is 2.04. The molecule has 0 saturated heterocycles. The third-order valence-corrected chi connectivity index (χ3v) is 4.80. The fourth-order valence-corrected chi connectivity index (χ4v) is 3.01. The van der Waals surface area contributed by atoms with Crippen LogP contribution in [0.25, 0.3) is 22.3 Å². The lowest BCUT2D eigenvalue weighted by Gasteiger charge is -2.17. The Kier molecular flexibility index (Phi) is 6.49. The molecule has 160 valence electrons. The van der Waals surface area contributed by atoms with Gasteiger partial charge in [-0.15, -0.1) is 0 Å². The minimum absolute atomic E-state index is 0.170. The number of hydrogen-bond donors (Lipinski definition) is 1. The van der Waals surface area contributed by atoms with Crippen molar-refractivity contribution in [2.45, 2.75) is 12.0 Å². The second-order valence-electron chi connectivity index (χ2n) is 7.50. The number of aliphatic hydroxyl groups is 1. The molecule has 0 aliphatic heterocycles. The SMILES string of the molecule is COC(=O)c1cc2c(ncn2C)c(-c2cccc(C#C[C@@](O)(C=O)CCN(C)C)c2)n1. The zero-order valence-electron chi connectivity index (χ0n) is 17.9. The summed E-state index contributed by atoms with van der Waals surface area (Å²) in [7, 11) is 6.85. The molecule has 0 radical (unpaired) electrons. The molecule has 1 N–H and O–H groups in total. The molecule has 8 nitrogen and oxygen atoms in total. The highest BCUT2D eigenvalue weighted by molar-refractivity contribution is 5.97. The molecule has 0 saturated carbocycles. The van der Waals surface area contributed by atoms with Crippen LogP contribution >= 0.6 is 0 Å². The molecule has 1 aromatic carbocycles. The van der Waals surface area contributed by atoms with Crippen molar-refractivity contribution in [1.29, 1.82) is 0 Å². The zero-order valence-corrected chi connectivity index (χ0v) is 17.9. The van der Waals surface area contributed by atoms with E-state index in [1.165, 1.54) is 7.11 Å². The predicted octanol–water partition coefficient (Wildman–Crippen LogP) is 1.66. The number of fused-ring (bicyclic) bond motifs is 1. The van der Waals surface area contributed by atoms with Gasteiger partial charge in [0.15, 0.2) is 17.6 Å². The average Bonchev–Trinajstić information content (AvgIpc) is 3.16. The number of aryl methyl sites for hydroxylation is 1. The first-order valence-electron chi connectivity index (χ1n) is 9.64. The van der Waals surface area contributed by atoms with Crippen LogP contribution in [0.4, 0.5) is 0 Å². The van der Waals surface area contributed by atoms with E-state index < -0.39 is 11.6 Å². The Labute approximate surface area is 180 Å². The molecule has 1 atom stereocenters. The molecular weight excluding hydrogens is 396 g/mol. The van der Waals surface area contributed by atoms with Crippen molar-refractivity contribution in [1.82, 2.24) is 19.4 Å². The molecule has 0 bridgehead atoms. The summed E-state index contributed by atoms with van der Waals surface area (Å²) in [6.07, 6.45) is 2.31. The van der Waals surface area contributed by atoms with E-state index in [2.05, 4.69) is 21.8 Å². The number of aldehydes is 1. The Hall–Kier alpha value is -3.54. The number of rotatable bonds is 6. The molecule has 0 fully saturated rings. The summed E-state index contributed by atoms with van der Waals surface area (Å²) >= 11 is 0. The fourth-order valence-electron chi connectivity index (χ4n) is 3.01. The molecular formula is C23H24N4O4. The molecule has 8 heteroatoms. The maximum Gasteiger partial charge on any atom is 0.356 e. The minimum atomic E-state index is -1.72. The first kappa shape index (κ1) is 22.2. The second-order valence-corrected chi connectivity index (χ2v) is 7.50. The number of methoxy groups -OCH3 is 1. The van der Waals surface area contributed by atoms with E-state index in [4.69, 9.17) is 4.74 Å². The summed E-state index contributed by atoms with van der Waals surface area (Å²) in [4.78, 5) is 34.2. The van der Waals surface area contributed by atoms with E-state index in [1.54, 1.807) is 35.2 Å². The van der Waals surface area contributed by atoms with E-state index in [0.29, 0.717) is 35.2 Å². The number of nitrogens with zero attached hydrogens (tertiary/aromatic N) is 4. The van der Waals surface area contributed by atoms with Crippen LogP contribution < -0.4 is 0 Å². The topological polar surface area (TPSA) is 97.5 Å². The van der Waals surface area contributed by atoms with Crippen LogP contribution in [-0.4, -0.2) is 70.1 Å². The molecule has 2 heterocycles. The molecule has 3 aromatic rings. The van der Waals surface area contributed by atoms with Gasteiger partial charge in [-0.3, -0.25) is 4.79 Å². The lowest BCUT2D eigenvalue weighted by Crippen LogP contribution is -2.33. The van der Waals surface area contributed by atoms with Crippen LogP contribution in [-0.2, 0) is 16.6 Å². The van der Waals surface area contributed by atoms with E-state index in [1.807, 2.05) is 32.1 Å². The highest BCUT2D eigenvalue weighted by Gasteiger charge is 2.23. The third kappa shape index (κ3) is 4.97. The van der Waals surface area contributed by atoms with E-state index in [0.717, 1.165) is 5.52 Å². The van der Waals surface area contributed by atoms with Crippen molar-refractivity contribution >= 4 is 23.3 Å². The van der Waals surface area contributed by atoms with E-state index >= 15 is 0 Å². The highest BCUT2D eigenvalue weighted by atomic mass is 16.5. The molecule has 31 heavy (non-hydrogen) atoms. The number of carbonyl (C=O) groups is 2. The molecule has 2 aromatic heterocycles. The Morgan fingerprint density at radius 3 is 2.81 bits per heavy atom. The summed E-state index contributed by atoms with van der Waals surface area (Å²) in [5, 5.41) is 10.4. The van der Waals surface area contributed by atoms with Crippen molar-refractivity contribution in [3.8, 4) is 23.1 Å². The van der Waals surface area contributed by atoms with Crippen LogP contribution in [0.15, 0.2) is 36.7 Å². The van der Waals surface area contributed by atoms with Gasteiger partial charge in [-0.05, 0) is 32.3 Å². The second kappa shape index (κ2) is 9.08. The minimum Gasteiger partial charge on any atom is -0.464 e. The van der Waals surface area contributed by atoms with Gasteiger partial charge >= 0.3 is 5.97 Å². The number of hydrogen-bond acceptors (Lipinski definition) is 7. The quantitative estimate of drug-likeness (QED) is 0.368. The lowest BCUT2D eigenvalue weighted by atomic mass is 10.0. The predicted molar refractivity (Wildman–Crippen MR) is 116 cm³/mol. The standard InChI is InChI=1S/C23H24N4O4/c1-26(2)11-10-23(30,14-28)9-8-16-6-5-7-17(12-16)20-21-19(27(3)15-24-21)13-18(25-20)22(29)31-4/h5-7,12-15,30H,10-11H2,1-4H3/t23-/m0/s1. The van der Waals surface area contributed by atoms with Gasteiger partial charge in [0.2, 0.25) is 0 Å². The van der Waals surface area contributed by atoms with Crippen molar-refractivity contribution < 1.29 is 19.4 Å². The third-order valence-electron chi connectivity index (χ3n) is 4.80. The Bertz CT molecular complexity index is 1190. The van der Waals surface area contributed by atoms with Crippen molar-refractivity contribution in [3.05, 3.63) is 47.9 Å². The van der Waals surface area contributed by atoms with Crippen molar-refractivity contribution in [2.24, 2.45) is 7.05 Å². The fraction of sp³-hybridized carbons (Fsp3) is 0.304. The maximum atomic E-state index is 12.1. The van der Waals surface area contributed by atoms with Crippen molar-refractivity contribution in [3.63, 3.8) is 0 Å². The van der Waals surface area contributed by atoms with Crippen LogP contribution in [0.1, 0.15) is 22.5 Å². The molecule has 0 amide bonds. The summed E-state index contributed by atoms with van der Waals surface area (Å²) in [6, 6.07) is 8.81. The number of pyridine rings is 1. The van der Waals surface area contributed by atoms with Crippen LogP contribution in [0.5, 0.6) is 0 Å². The van der Waals surface area contributed by atoms with E-state index in [-0.39, 0.29) is 12.1 Å². The number of imidazole rings is 1. The largest absolute Gasteiger partial charge is 0.464 e. The smallest absolute Gasteiger partial charge is 0.356 e. The number of benzene rings is 1. The van der Waals surface area contributed by atoms with Crippen LogP contribution in [0.2, 0.25) is 0 Å². The molecule has 0 unspecified atom stereocenters. The Morgan fingerprint density at radius 1 is 1.35 bits per heavy atom. The Morgan fingerprint density at radius 2 is 2.13 bits per heavy atom. The zero-order chi connectivity index (χ0) is 22.6. The first-order chi connectivity index (χ1) is 14.8. The summed E-state index contributed by atoms with van der Waals surface area (Å²) in [5.41, 5.74) is 1.62. The molecule has 0 spiro atoms. The van der Waals surface area contributed by atoms with Gasteiger partial charge in [-0.1, -0.05) is 24.0 Å². The average molecular weight is 420 g/mol. The van der Waals surface area contributed by atoms with Crippen LogP contribution in [0.3, 0.4) is 0 Å². The van der Waals surface area contributed by atoms with Gasteiger partial charge in [0.1, 0.15) is 5.52 Å². The maximum absolute atomic E-state index is 12.1. The van der Waals surface area contributed by atoms with Crippen molar-refractivity contribution in [2.75, 3.05) is 27.7 Å². The lowest BCUT2D eigenvalue weighted by molar-refractivity contribution is -0.119. The highest BCUT2D eigenvalue weighted by Crippen LogP contribution is 2.27. The first-order valence-corrected chi connectivity index (χ1v) is 9.64. The molecule has 3 rings (SSSR count). The number of ether oxygens (including phenoxy) is 1. The van der Waals surface area contributed by atoms with E-state index in [9.17, 15) is 14.7 Å². The van der Waals surface area contributed by atoms with Gasteiger partial charge in [0.05, 0.1) is 24.6 Å². The number of carbonyl (C=O) groups excluding carboxylic acids is 2. The number of esters is 1. The van der Waals surface area contributed by atoms with Gasteiger partial charge in [0.25, 0.3) is 0 Å². The van der Waals surface area contributed by atoms with Gasteiger partial charge in [0, 0.05) is 31.1 Å². The van der Waals surface area contributed by atoms with Gasteiger partial charge in [-0.25, -0.2) is 14.8 Å². The summed E-state index contributed by atoms with van der Waals surface area (Å²) in [6.45, 7) is 0.520. The monoisotopic (exact) mass is 420 g/mol. The summed E-state index contributed by atoms with van der Waals surface area (Å²) < 4.78 is 6.62. The number of aromatic nitrogens is 3. The van der Waals surface area contributed by atoms with Gasteiger partial charge < -0.3 is 19.3 Å².